The van der Waals surface area contributed by atoms with Crippen molar-refractivity contribution in [2.45, 2.75) is 105 Å². The number of aliphatic carboxylic acids is 1. The Hall–Kier alpha value is -4.61. The Kier molecular flexibility index (Phi) is 15.3. The van der Waals surface area contributed by atoms with Gasteiger partial charge in [-0.15, -0.1) is 0 Å². The molecule has 12 nitrogen and oxygen atoms in total. The van der Waals surface area contributed by atoms with Crippen LogP contribution in [0.5, 0.6) is 5.75 Å². The minimum atomic E-state index is -1.40. The highest BCUT2D eigenvalue weighted by atomic mass is 16.6. The zero-order valence-corrected chi connectivity index (χ0v) is 31.2. The fraction of sp³-hybridized carbons (Fsp3) is 0.553. The molecule has 0 aromatic heterocycles. The van der Waals surface area contributed by atoms with Gasteiger partial charge in [-0.25, -0.2) is 19.2 Å². The number of rotatable bonds is 16. The molecule has 0 fully saturated rings. The molecule has 0 spiro atoms. The van der Waals surface area contributed by atoms with Crippen molar-refractivity contribution < 1.29 is 48.0 Å². The van der Waals surface area contributed by atoms with Crippen molar-refractivity contribution in [1.29, 1.82) is 0 Å². The van der Waals surface area contributed by atoms with E-state index < -0.39 is 77.6 Å². The molecule has 0 aliphatic heterocycles. The summed E-state index contributed by atoms with van der Waals surface area (Å²) in [7, 11) is 2.81. The second kappa shape index (κ2) is 18.4. The van der Waals surface area contributed by atoms with Crippen LogP contribution in [-0.2, 0) is 46.4 Å². The number of likely N-dealkylation sites (N-methyl/N-ethyl adjacent to an activating group) is 2. The third kappa shape index (κ3) is 12.4. The summed E-state index contributed by atoms with van der Waals surface area (Å²) >= 11 is 0. The molecule has 0 radical (unpaired) electrons. The van der Waals surface area contributed by atoms with E-state index in [1.165, 1.54) is 14.1 Å². The summed E-state index contributed by atoms with van der Waals surface area (Å²) in [6, 6.07) is 14.4. The van der Waals surface area contributed by atoms with Crippen LogP contribution in [0, 0.1) is 17.8 Å². The summed E-state index contributed by atoms with van der Waals surface area (Å²) in [5, 5.41) is 9.55. The highest BCUT2D eigenvalue weighted by Gasteiger charge is 2.41. The third-order valence-corrected chi connectivity index (χ3v) is 7.84. The Morgan fingerprint density at radius 3 is 1.72 bits per heavy atom. The quantitative estimate of drug-likeness (QED) is 0.170. The summed E-state index contributed by atoms with van der Waals surface area (Å²) in [5.41, 5.74) is 0.862. The summed E-state index contributed by atoms with van der Waals surface area (Å²) in [4.78, 5) is 68.2. The lowest BCUT2D eigenvalue weighted by molar-refractivity contribution is -0.176. The maximum absolute atomic E-state index is 13.9. The van der Waals surface area contributed by atoms with Gasteiger partial charge in [0, 0.05) is 26.4 Å². The number of hydrogen-bond acceptors (Lipinski definition) is 9. The van der Waals surface area contributed by atoms with Crippen molar-refractivity contribution >= 4 is 29.9 Å². The molecule has 0 saturated heterocycles. The fourth-order valence-electron chi connectivity index (χ4n) is 5.08. The van der Waals surface area contributed by atoms with Gasteiger partial charge in [0.25, 0.3) is 5.91 Å². The molecule has 276 valence electrons. The number of carbonyl (C=O) groups excluding carboxylic acids is 4. The number of carboxylic acid groups (broad SMARTS) is 1. The van der Waals surface area contributed by atoms with Gasteiger partial charge in [-0.2, -0.15) is 0 Å². The van der Waals surface area contributed by atoms with Crippen LogP contribution in [0.4, 0.5) is 4.79 Å². The van der Waals surface area contributed by atoms with Crippen molar-refractivity contribution in [2.75, 3.05) is 14.1 Å². The van der Waals surface area contributed by atoms with Gasteiger partial charge in [0.2, 0.25) is 6.10 Å². The summed E-state index contributed by atoms with van der Waals surface area (Å²) < 4.78 is 22.6. The van der Waals surface area contributed by atoms with E-state index in [9.17, 15) is 29.1 Å². The highest BCUT2D eigenvalue weighted by Crippen LogP contribution is 2.23. The zero-order valence-electron chi connectivity index (χ0n) is 31.2. The Balaban J connectivity index is 2.34. The zero-order chi connectivity index (χ0) is 37.9. The molecule has 2 amide bonds. The molecular weight excluding hydrogens is 644 g/mol. The van der Waals surface area contributed by atoms with Crippen LogP contribution in [-0.4, -0.2) is 88.8 Å². The van der Waals surface area contributed by atoms with E-state index in [0.717, 1.165) is 15.4 Å². The van der Waals surface area contributed by atoms with E-state index in [1.807, 2.05) is 30.3 Å². The molecular formula is C38H54N2O10. The molecule has 12 heteroatoms. The summed E-state index contributed by atoms with van der Waals surface area (Å²) in [6.45, 7) is 15.5. The average molecular weight is 699 g/mol. The number of carboxylic acids is 1. The molecule has 1 N–H and O–H groups in total. The highest BCUT2D eigenvalue weighted by molar-refractivity contribution is 5.90. The number of nitrogens with zero attached hydrogens (tertiary/aromatic N) is 2. The lowest BCUT2D eigenvalue weighted by Gasteiger charge is -2.35. The van der Waals surface area contributed by atoms with Crippen LogP contribution in [0.3, 0.4) is 0 Å². The topological polar surface area (TPSA) is 149 Å². The second-order valence-electron chi connectivity index (χ2n) is 14.4. The van der Waals surface area contributed by atoms with E-state index in [2.05, 4.69) is 0 Å². The SMILES string of the molecule is CC(C)[C@H](OC(=O)[C@H](C(C)C)N(C)C(=O)[C@@H](OC(=O)[C@H](Cc1ccc(OCc2ccccc2)cc1)N(C)C(=O)OC(C)(C)C)C(C)C)C(=O)O. The van der Waals surface area contributed by atoms with Gasteiger partial charge in [0.15, 0.2) is 6.10 Å². The van der Waals surface area contributed by atoms with E-state index >= 15 is 0 Å². The molecule has 2 aromatic rings. The van der Waals surface area contributed by atoms with Crippen LogP contribution >= 0.6 is 0 Å². The largest absolute Gasteiger partial charge is 0.489 e. The Labute approximate surface area is 296 Å². The van der Waals surface area contributed by atoms with Gasteiger partial charge in [-0.1, -0.05) is 84.0 Å². The molecule has 0 heterocycles. The van der Waals surface area contributed by atoms with Crippen LogP contribution < -0.4 is 4.74 Å². The number of carbonyl (C=O) groups is 5. The first kappa shape index (κ1) is 41.6. The van der Waals surface area contributed by atoms with Crippen molar-refractivity contribution in [1.82, 2.24) is 9.80 Å². The minimum absolute atomic E-state index is 0.0368. The predicted molar refractivity (Wildman–Crippen MR) is 187 cm³/mol. The number of ether oxygens (including phenoxy) is 4. The number of esters is 2. The molecule has 0 bridgehead atoms. The van der Waals surface area contributed by atoms with E-state index in [1.54, 1.807) is 86.6 Å². The summed E-state index contributed by atoms with van der Waals surface area (Å²) in [6.07, 6.45) is -3.47. The smallest absolute Gasteiger partial charge is 0.410 e. The Bertz CT molecular complexity index is 1430. The lowest BCUT2D eigenvalue weighted by Crippen LogP contribution is -2.54. The first-order valence-electron chi connectivity index (χ1n) is 16.8. The fourth-order valence-corrected chi connectivity index (χ4v) is 5.08. The average Bonchev–Trinajstić information content (AvgIpc) is 3.02. The molecule has 0 aliphatic carbocycles. The van der Waals surface area contributed by atoms with Crippen LogP contribution in [0.25, 0.3) is 0 Å². The first-order chi connectivity index (χ1) is 23.2. The minimum Gasteiger partial charge on any atom is -0.489 e. The van der Waals surface area contributed by atoms with Crippen molar-refractivity contribution in [3.63, 3.8) is 0 Å². The van der Waals surface area contributed by atoms with Crippen LogP contribution in [0.2, 0.25) is 0 Å². The van der Waals surface area contributed by atoms with Gasteiger partial charge < -0.3 is 29.0 Å². The third-order valence-electron chi connectivity index (χ3n) is 7.84. The standard InChI is InChI=1S/C38H54N2O10/c1-23(2)30(36(45)49-32(25(5)6)34(42)43)40(11)33(41)31(24(3)4)48-35(44)29(39(10)37(46)50-38(7,8)9)21-26-17-19-28(20-18-26)47-22-27-15-13-12-14-16-27/h12-20,23-25,29-32H,21-22H2,1-11H3,(H,42,43)/t29-,30-,31-,32-/m0/s1. The lowest BCUT2D eigenvalue weighted by atomic mass is 9.99. The first-order valence-corrected chi connectivity index (χ1v) is 16.8. The predicted octanol–water partition coefficient (Wildman–Crippen LogP) is 5.75. The molecule has 2 aromatic carbocycles. The Morgan fingerprint density at radius 1 is 0.700 bits per heavy atom. The van der Waals surface area contributed by atoms with Gasteiger partial charge >= 0.3 is 24.0 Å². The summed E-state index contributed by atoms with van der Waals surface area (Å²) in [5.74, 6) is -4.60. The monoisotopic (exact) mass is 698 g/mol. The Morgan fingerprint density at radius 2 is 1.24 bits per heavy atom. The maximum atomic E-state index is 13.9. The van der Waals surface area contributed by atoms with Gasteiger partial charge in [-0.3, -0.25) is 9.69 Å². The van der Waals surface area contributed by atoms with Crippen molar-refractivity contribution in [3.05, 3.63) is 65.7 Å². The van der Waals surface area contributed by atoms with Crippen molar-refractivity contribution in [3.8, 4) is 5.75 Å². The van der Waals surface area contributed by atoms with Crippen LogP contribution in [0.1, 0.15) is 73.4 Å². The molecule has 4 atom stereocenters. The van der Waals surface area contributed by atoms with Gasteiger partial charge in [0.05, 0.1) is 0 Å². The molecule has 2 rings (SSSR count). The number of amides is 2. The molecule has 0 saturated carbocycles. The van der Waals surface area contributed by atoms with E-state index in [-0.39, 0.29) is 6.42 Å². The van der Waals surface area contributed by atoms with E-state index in [4.69, 9.17) is 18.9 Å². The second-order valence-corrected chi connectivity index (χ2v) is 14.4. The molecule has 0 unspecified atom stereocenters. The number of hydrogen-bond donors (Lipinski definition) is 1. The maximum Gasteiger partial charge on any atom is 0.410 e. The van der Waals surface area contributed by atoms with Gasteiger partial charge in [0.1, 0.15) is 30.0 Å². The number of benzene rings is 2. The molecule has 50 heavy (non-hydrogen) atoms. The molecule has 0 aliphatic rings. The van der Waals surface area contributed by atoms with Crippen LogP contribution in [0.15, 0.2) is 54.6 Å². The van der Waals surface area contributed by atoms with E-state index in [0.29, 0.717) is 17.9 Å². The van der Waals surface area contributed by atoms with Crippen molar-refractivity contribution in [2.24, 2.45) is 17.8 Å². The normalized spacial score (nSPS) is 14.0. The van der Waals surface area contributed by atoms with Gasteiger partial charge in [-0.05, 0) is 55.9 Å².